The SMILES string of the molecule is O=C1C2=C(NCCN3C(=O)c4ccccc4[C@@]3(O)[C@@H]2c2cc(Cl)cc(Cl)c2O)c2ccccc21. The molecule has 34 heavy (non-hydrogen) atoms. The third-order valence-electron chi connectivity index (χ3n) is 6.86. The second kappa shape index (κ2) is 7.34. The van der Waals surface area contributed by atoms with E-state index in [4.69, 9.17) is 23.2 Å². The highest BCUT2D eigenvalue weighted by Gasteiger charge is 2.58. The summed E-state index contributed by atoms with van der Waals surface area (Å²) in [6.07, 6.45) is 0. The van der Waals surface area contributed by atoms with Gasteiger partial charge in [-0.15, -0.1) is 0 Å². The van der Waals surface area contributed by atoms with Crippen LogP contribution in [0.2, 0.25) is 10.0 Å². The lowest BCUT2D eigenvalue weighted by Gasteiger charge is -2.43. The van der Waals surface area contributed by atoms with Crippen LogP contribution in [-0.4, -0.2) is 39.9 Å². The van der Waals surface area contributed by atoms with Gasteiger partial charge in [0.15, 0.2) is 11.5 Å². The van der Waals surface area contributed by atoms with Crippen LogP contribution in [0.25, 0.3) is 5.70 Å². The van der Waals surface area contributed by atoms with E-state index in [1.54, 1.807) is 36.4 Å². The number of nitrogens with zero attached hydrogens (tertiary/aromatic N) is 1. The monoisotopic (exact) mass is 492 g/mol. The van der Waals surface area contributed by atoms with Crippen LogP contribution in [0.3, 0.4) is 0 Å². The van der Waals surface area contributed by atoms with Crippen LogP contribution in [0.15, 0.2) is 66.2 Å². The fraction of sp³-hybridized carbons (Fsp3) is 0.154. The second-order valence-electron chi connectivity index (χ2n) is 8.58. The number of ketones is 1. The molecule has 0 spiro atoms. The number of nitrogens with one attached hydrogen (secondary N) is 1. The summed E-state index contributed by atoms with van der Waals surface area (Å²) in [4.78, 5) is 28.6. The number of aromatic hydroxyl groups is 1. The van der Waals surface area contributed by atoms with Gasteiger partial charge >= 0.3 is 0 Å². The lowest BCUT2D eigenvalue weighted by atomic mass is 9.76. The number of rotatable bonds is 1. The predicted octanol–water partition coefficient (Wildman–Crippen LogP) is 4.29. The Morgan fingerprint density at radius 3 is 2.41 bits per heavy atom. The zero-order valence-corrected chi connectivity index (χ0v) is 19.2. The van der Waals surface area contributed by atoms with Crippen LogP contribution < -0.4 is 5.32 Å². The molecule has 0 saturated carbocycles. The van der Waals surface area contributed by atoms with E-state index in [1.807, 2.05) is 12.1 Å². The molecular formula is C26H18Cl2N2O4. The van der Waals surface area contributed by atoms with Gasteiger partial charge in [-0.1, -0.05) is 65.7 Å². The first kappa shape index (κ1) is 21.2. The van der Waals surface area contributed by atoms with Gasteiger partial charge < -0.3 is 20.4 Å². The third kappa shape index (κ3) is 2.67. The summed E-state index contributed by atoms with van der Waals surface area (Å²) in [7, 11) is 0. The molecule has 3 aliphatic rings. The normalized spacial score (nSPS) is 23.0. The number of phenols is 1. The van der Waals surface area contributed by atoms with Crippen molar-refractivity contribution in [3.8, 4) is 5.75 Å². The summed E-state index contributed by atoms with van der Waals surface area (Å²) in [5.41, 5.74) is 0.888. The number of aliphatic hydroxyl groups is 1. The number of phenolic OH excluding ortho intramolecular Hbond substituents is 1. The van der Waals surface area contributed by atoms with Crippen molar-refractivity contribution in [3.63, 3.8) is 0 Å². The Morgan fingerprint density at radius 2 is 1.65 bits per heavy atom. The van der Waals surface area contributed by atoms with Crippen LogP contribution in [0, 0.1) is 0 Å². The number of hydrogen-bond acceptors (Lipinski definition) is 5. The maximum Gasteiger partial charge on any atom is 0.256 e. The van der Waals surface area contributed by atoms with Crippen LogP contribution >= 0.6 is 23.2 Å². The number of carbonyl (C=O) groups is 2. The van der Waals surface area contributed by atoms with E-state index in [0.717, 1.165) is 0 Å². The van der Waals surface area contributed by atoms with Crippen molar-refractivity contribution in [1.82, 2.24) is 10.2 Å². The van der Waals surface area contributed by atoms with Crippen LogP contribution in [0.5, 0.6) is 5.75 Å². The minimum atomic E-state index is -1.96. The Balaban J connectivity index is 1.73. The molecular weight excluding hydrogens is 475 g/mol. The van der Waals surface area contributed by atoms with E-state index in [1.165, 1.54) is 17.0 Å². The Morgan fingerprint density at radius 1 is 0.971 bits per heavy atom. The molecule has 6 nitrogen and oxygen atoms in total. The van der Waals surface area contributed by atoms with Crippen LogP contribution in [-0.2, 0) is 5.72 Å². The summed E-state index contributed by atoms with van der Waals surface area (Å²) in [5.74, 6) is -2.13. The molecule has 2 aliphatic heterocycles. The van der Waals surface area contributed by atoms with Gasteiger partial charge in [-0.3, -0.25) is 9.59 Å². The summed E-state index contributed by atoms with van der Waals surface area (Å²) >= 11 is 12.6. The largest absolute Gasteiger partial charge is 0.506 e. The van der Waals surface area contributed by atoms with Crippen molar-refractivity contribution in [3.05, 3.63) is 104 Å². The maximum atomic E-state index is 13.8. The lowest BCUT2D eigenvalue weighted by molar-refractivity contribution is -0.0972. The summed E-state index contributed by atoms with van der Waals surface area (Å²) in [5, 5.41) is 27.1. The van der Waals surface area contributed by atoms with Gasteiger partial charge in [0.1, 0.15) is 5.75 Å². The number of Topliss-reactive ketones (excluding diaryl/α,β-unsaturated/α-hetero) is 1. The summed E-state index contributed by atoms with van der Waals surface area (Å²) in [6.45, 7) is 0.486. The molecule has 2 atom stereocenters. The number of fused-ring (bicyclic) bond motifs is 5. The van der Waals surface area contributed by atoms with E-state index in [9.17, 15) is 19.8 Å². The highest BCUT2D eigenvalue weighted by atomic mass is 35.5. The third-order valence-corrected chi connectivity index (χ3v) is 7.37. The first-order valence-corrected chi connectivity index (χ1v) is 11.5. The summed E-state index contributed by atoms with van der Waals surface area (Å²) < 4.78 is 0. The Hall–Kier alpha value is -3.32. The standard InChI is InChI=1S/C26H18Cl2N2O4/c27-13-11-17(23(31)19(28)12-13)21-20-22(14-5-1-2-6-15(14)24(20)32)29-9-10-30-25(33)16-7-3-4-8-18(16)26(21,30)34/h1-8,11-12,21,29,31,34H,9-10H2/t21-,26-/m1/s1. The molecule has 0 saturated heterocycles. The number of halogens is 2. The molecule has 0 unspecified atom stereocenters. The van der Waals surface area contributed by atoms with Gasteiger partial charge in [-0.05, 0) is 18.2 Å². The van der Waals surface area contributed by atoms with Crippen molar-refractivity contribution < 1.29 is 19.8 Å². The second-order valence-corrected chi connectivity index (χ2v) is 9.42. The van der Waals surface area contributed by atoms with Crippen molar-refractivity contribution in [2.24, 2.45) is 0 Å². The van der Waals surface area contributed by atoms with Gasteiger partial charge in [0.05, 0.1) is 16.6 Å². The molecule has 3 aromatic rings. The van der Waals surface area contributed by atoms with Gasteiger partial charge in [0, 0.05) is 51.5 Å². The van der Waals surface area contributed by atoms with E-state index in [2.05, 4.69) is 5.32 Å². The first-order valence-electron chi connectivity index (χ1n) is 10.8. The first-order chi connectivity index (χ1) is 16.3. The topological polar surface area (TPSA) is 89.9 Å². The van der Waals surface area contributed by atoms with Gasteiger partial charge in [0.2, 0.25) is 0 Å². The fourth-order valence-electron chi connectivity index (χ4n) is 5.46. The Labute approximate surface area is 205 Å². The Bertz CT molecular complexity index is 1450. The van der Waals surface area contributed by atoms with Gasteiger partial charge in [-0.2, -0.15) is 0 Å². The molecule has 170 valence electrons. The highest BCUT2D eigenvalue weighted by Crippen LogP contribution is 2.56. The number of benzene rings is 3. The van der Waals surface area contributed by atoms with Crippen LogP contribution in [0.4, 0.5) is 0 Å². The molecule has 3 aromatic carbocycles. The van der Waals surface area contributed by atoms with E-state index < -0.39 is 11.6 Å². The Kier molecular flexibility index (Phi) is 4.58. The van der Waals surface area contributed by atoms with E-state index >= 15 is 0 Å². The minimum absolute atomic E-state index is 0.0182. The number of carbonyl (C=O) groups excluding carboxylic acids is 2. The van der Waals surface area contributed by atoms with Crippen molar-refractivity contribution in [2.75, 3.05) is 13.1 Å². The lowest BCUT2D eigenvalue weighted by Crippen LogP contribution is -2.52. The van der Waals surface area contributed by atoms with E-state index in [-0.39, 0.29) is 45.2 Å². The fourth-order valence-corrected chi connectivity index (χ4v) is 5.97. The molecule has 3 N–H and O–H groups in total. The molecule has 1 amide bonds. The average Bonchev–Trinajstić information content (AvgIpc) is 3.21. The zero-order chi connectivity index (χ0) is 23.8. The van der Waals surface area contributed by atoms with Crippen LogP contribution in [0.1, 0.15) is 43.3 Å². The van der Waals surface area contributed by atoms with Crippen molar-refractivity contribution in [1.29, 1.82) is 0 Å². The molecule has 0 aromatic heterocycles. The molecule has 0 radical (unpaired) electrons. The molecule has 2 heterocycles. The van der Waals surface area contributed by atoms with E-state index in [0.29, 0.717) is 34.5 Å². The molecule has 1 aliphatic carbocycles. The molecule has 0 fully saturated rings. The van der Waals surface area contributed by atoms with Crippen molar-refractivity contribution >= 4 is 40.6 Å². The smallest absolute Gasteiger partial charge is 0.256 e. The quantitative estimate of drug-likeness (QED) is 0.471. The zero-order valence-electron chi connectivity index (χ0n) is 17.7. The molecule has 0 bridgehead atoms. The van der Waals surface area contributed by atoms with Gasteiger partial charge in [0.25, 0.3) is 5.91 Å². The van der Waals surface area contributed by atoms with Crippen molar-refractivity contribution in [2.45, 2.75) is 11.6 Å². The highest BCUT2D eigenvalue weighted by molar-refractivity contribution is 6.35. The summed E-state index contributed by atoms with van der Waals surface area (Å²) in [6, 6.07) is 16.8. The molecule has 6 rings (SSSR count). The maximum absolute atomic E-state index is 13.8. The van der Waals surface area contributed by atoms with Gasteiger partial charge in [-0.25, -0.2) is 0 Å². The predicted molar refractivity (Wildman–Crippen MR) is 128 cm³/mol. The number of amides is 1. The average molecular weight is 493 g/mol. The number of hydrogen-bond donors (Lipinski definition) is 3. The molecule has 8 heteroatoms. The minimum Gasteiger partial charge on any atom is -0.506 e.